The van der Waals surface area contributed by atoms with Crippen LogP contribution in [0.1, 0.15) is 53.6 Å². The van der Waals surface area contributed by atoms with Gasteiger partial charge in [0.1, 0.15) is 4.88 Å². The first-order valence-electron chi connectivity index (χ1n) is 11.4. The Balaban J connectivity index is 1.68. The second-order valence-electron chi connectivity index (χ2n) is 10.0. The van der Waals surface area contributed by atoms with Crippen LogP contribution >= 0.6 is 22.9 Å². The number of nitro groups is 1. The predicted octanol–water partition coefficient (Wildman–Crippen LogP) is 7.91. The summed E-state index contributed by atoms with van der Waals surface area (Å²) in [4.78, 5) is 27.2. The van der Waals surface area contributed by atoms with E-state index in [4.69, 9.17) is 11.6 Å². The van der Waals surface area contributed by atoms with Gasteiger partial charge in [0.15, 0.2) is 0 Å². The molecule has 0 N–H and O–H groups in total. The van der Waals surface area contributed by atoms with Crippen molar-refractivity contribution in [2.24, 2.45) is 0 Å². The monoisotopic (exact) mass is 504 g/mol. The highest BCUT2D eigenvalue weighted by Crippen LogP contribution is 2.52. The molecule has 0 spiro atoms. The molecule has 35 heavy (non-hydrogen) atoms. The van der Waals surface area contributed by atoms with Crippen LogP contribution in [0, 0.1) is 17.0 Å². The van der Waals surface area contributed by atoms with E-state index in [1.165, 1.54) is 29.0 Å². The van der Waals surface area contributed by atoms with Crippen molar-refractivity contribution in [3.8, 4) is 0 Å². The lowest BCUT2D eigenvalue weighted by Gasteiger charge is -2.51. The van der Waals surface area contributed by atoms with E-state index < -0.39 is 10.5 Å². The molecular formula is C28H25ClN2O3S. The summed E-state index contributed by atoms with van der Waals surface area (Å²) in [5.74, 6) is -0.191. The summed E-state index contributed by atoms with van der Waals surface area (Å²) in [5.41, 5.74) is 3.48. The molecule has 0 radical (unpaired) electrons. The molecule has 5 rings (SSSR count). The van der Waals surface area contributed by atoms with Crippen molar-refractivity contribution in [1.82, 2.24) is 0 Å². The summed E-state index contributed by atoms with van der Waals surface area (Å²) in [7, 11) is 0. The summed E-state index contributed by atoms with van der Waals surface area (Å²) >= 11 is 7.90. The molecular weight excluding hydrogens is 480 g/mol. The Labute approximate surface area is 213 Å². The van der Waals surface area contributed by atoms with E-state index >= 15 is 0 Å². The molecule has 0 bridgehead atoms. The molecule has 7 heteroatoms. The van der Waals surface area contributed by atoms with Crippen molar-refractivity contribution in [1.29, 1.82) is 0 Å². The van der Waals surface area contributed by atoms with Gasteiger partial charge in [0.2, 0.25) is 0 Å². The van der Waals surface area contributed by atoms with Gasteiger partial charge in [-0.2, -0.15) is 0 Å². The van der Waals surface area contributed by atoms with Gasteiger partial charge in [0.25, 0.3) is 11.6 Å². The maximum Gasteiger partial charge on any atom is 0.270 e. The Bertz CT molecular complexity index is 1500. The zero-order valence-electron chi connectivity index (χ0n) is 20.0. The molecule has 178 valence electrons. The van der Waals surface area contributed by atoms with E-state index in [1.807, 2.05) is 23.1 Å². The van der Waals surface area contributed by atoms with Gasteiger partial charge in [-0.05, 0) is 50.5 Å². The Morgan fingerprint density at radius 1 is 1.06 bits per heavy atom. The highest BCUT2D eigenvalue weighted by Gasteiger charge is 2.48. The standard InChI is InChI=1S/C28H25ClN2O3S/c1-17-10-13-22-21(14-17)28(4,18-8-6-5-7-9-18)16-27(2,3)30(22)26(32)25-24(29)20-12-11-19(31(33)34)15-23(20)35-25/h5-15H,16H2,1-4H3/t28-/m0/s1. The minimum atomic E-state index is -0.518. The van der Waals surface area contributed by atoms with E-state index in [2.05, 4.69) is 58.0 Å². The average molecular weight is 505 g/mol. The fourth-order valence-corrected chi connectivity index (χ4v) is 6.98. The first-order chi connectivity index (χ1) is 16.5. The maximum atomic E-state index is 14.1. The van der Waals surface area contributed by atoms with Crippen LogP contribution in [0.3, 0.4) is 0 Å². The van der Waals surface area contributed by atoms with Crippen LogP contribution < -0.4 is 4.90 Å². The van der Waals surface area contributed by atoms with Gasteiger partial charge in [-0.15, -0.1) is 11.3 Å². The largest absolute Gasteiger partial charge is 0.302 e. The Kier molecular flexibility index (Phi) is 5.49. The van der Waals surface area contributed by atoms with E-state index in [-0.39, 0.29) is 17.0 Å². The van der Waals surface area contributed by atoms with Crippen LogP contribution in [0.5, 0.6) is 0 Å². The van der Waals surface area contributed by atoms with Gasteiger partial charge in [0, 0.05) is 38.9 Å². The van der Waals surface area contributed by atoms with Gasteiger partial charge in [0.05, 0.1) is 9.95 Å². The summed E-state index contributed by atoms with van der Waals surface area (Å²) in [5, 5.41) is 12.2. The number of nitro benzene ring substituents is 1. The number of non-ortho nitro benzene ring substituents is 1. The lowest BCUT2D eigenvalue weighted by molar-refractivity contribution is -0.384. The Morgan fingerprint density at radius 3 is 2.46 bits per heavy atom. The molecule has 1 aliphatic heterocycles. The smallest absolute Gasteiger partial charge is 0.270 e. The van der Waals surface area contributed by atoms with Crippen molar-refractivity contribution >= 4 is 50.3 Å². The van der Waals surface area contributed by atoms with Gasteiger partial charge >= 0.3 is 0 Å². The zero-order valence-corrected chi connectivity index (χ0v) is 21.5. The van der Waals surface area contributed by atoms with Crippen molar-refractivity contribution in [2.75, 3.05) is 4.90 Å². The number of rotatable bonds is 3. The molecule has 0 saturated heterocycles. The second-order valence-corrected chi connectivity index (χ2v) is 11.5. The van der Waals surface area contributed by atoms with E-state index in [1.54, 1.807) is 6.07 Å². The number of nitrogens with zero attached hydrogens (tertiary/aromatic N) is 2. The Hall–Kier alpha value is -3.22. The van der Waals surface area contributed by atoms with E-state index in [9.17, 15) is 14.9 Å². The summed E-state index contributed by atoms with van der Waals surface area (Å²) in [6.45, 7) is 8.48. The number of carbonyl (C=O) groups is 1. The van der Waals surface area contributed by atoms with Crippen LogP contribution in [-0.2, 0) is 5.41 Å². The van der Waals surface area contributed by atoms with E-state index in [0.717, 1.165) is 23.2 Å². The van der Waals surface area contributed by atoms with Crippen LogP contribution in [0.25, 0.3) is 10.1 Å². The number of aryl methyl sites for hydroxylation is 1. The molecule has 1 aliphatic rings. The van der Waals surface area contributed by atoms with Gasteiger partial charge < -0.3 is 4.90 Å². The number of amides is 1. The normalized spacial score (nSPS) is 18.9. The third-order valence-corrected chi connectivity index (χ3v) is 8.66. The molecule has 0 unspecified atom stereocenters. The molecule has 0 saturated carbocycles. The van der Waals surface area contributed by atoms with Crippen molar-refractivity contribution < 1.29 is 9.72 Å². The van der Waals surface area contributed by atoms with Gasteiger partial charge in [-0.25, -0.2) is 0 Å². The molecule has 1 amide bonds. The first-order valence-corrected chi connectivity index (χ1v) is 12.6. The van der Waals surface area contributed by atoms with Gasteiger partial charge in [-0.1, -0.05) is 66.6 Å². The SMILES string of the molecule is Cc1ccc2c(c1)[C@](C)(c1ccccc1)CC(C)(C)N2C(=O)c1sc2cc([N+](=O)[O-])ccc2c1Cl. The van der Waals surface area contributed by atoms with Crippen LogP contribution in [0.15, 0.2) is 66.7 Å². The number of halogens is 1. The van der Waals surface area contributed by atoms with Crippen LogP contribution in [-0.4, -0.2) is 16.4 Å². The lowest BCUT2D eigenvalue weighted by atomic mass is 9.65. The lowest BCUT2D eigenvalue weighted by Crippen LogP contribution is -2.55. The number of carbonyl (C=O) groups excluding carboxylic acids is 1. The number of hydrogen-bond acceptors (Lipinski definition) is 4. The summed E-state index contributed by atoms with van der Waals surface area (Å²) in [6.07, 6.45) is 0.722. The molecule has 0 fully saturated rings. The number of anilines is 1. The minimum absolute atomic E-state index is 0.0211. The molecule has 2 heterocycles. The topological polar surface area (TPSA) is 63.5 Å². The number of hydrogen-bond donors (Lipinski definition) is 0. The van der Waals surface area contributed by atoms with Crippen molar-refractivity contribution in [3.05, 3.63) is 103 Å². The highest BCUT2D eigenvalue weighted by molar-refractivity contribution is 7.21. The molecule has 3 aromatic carbocycles. The number of benzene rings is 3. The van der Waals surface area contributed by atoms with Crippen molar-refractivity contribution in [2.45, 2.75) is 45.1 Å². The zero-order chi connectivity index (χ0) is 25.1. The molecule has 5 nitrogen and oxygen atoms in total. The number of thiophene rings is 1. The fraction of sp³-hybridized carbons (Fsp3) is 0.250. The van der Waals surface area contributed by atoms with Crippen LogP contribution in [0.4, 0.5) is 11.4 Å². The maximum absolute atomic E-state index is 14.1. The fourth-order valence-electron chi connectivity index (χ4n) is 5.51. The predicted molar refractivity (Wildman–Crippen MR) is 143 cm³/mol. The molecule has 1 aromatic heterocycles. The summed E-state index contributed by atoms with van der Waals surface area (Å²) < 4.78 is 0.626. The van der Waals surface area contributed by atoms with Crippen molar-refractivity contribution in [3.63, 3.8) is 0 Å². The quantitative estimate of drug-likeness (QED) is 0.210. The molecule has 0 aliphatic carbocycles. The number of fused-ring (bicyclic) bond motifs is 2. The molecule has 4 aromatic rings. The third kappa shape index (κ3) is 3.72. The molecule has 1 atom stereocenters. The van der Waals surface area contributed by atoms with Crippen LogP contribution in [0.2, 0.25) is 5.02 Å². The third-order valence-electron chi connectivity index (χ3n) is 7.01. The van der Waals surface area contributed by atoms with Gasteiger partial charge in [-0.3, -0.25) is 14.9 Å². The minimum Gasteiger partial charge on any atom is -0.302 e. The summed E-state index contributed by atoms with van der Waals surface area (Å²) in [6, 6.07) is 21.2. The average Bonchev–Trinajstić information content (AvgIpc) is 3.15. The first kappa shape index (κ1) is 23.5. The highest BCUT2D eigenvalue weighted by atomic mass is 35.5. The van der Waals surface area contributed by atoms with E-state index in [0.29, 0.717) is 20.0 Å². The Morgan fingerprint density at radius 2 is 1.77 bits per heavy atom. The second kappa shape index (κ2) is 8.18.